The van der Waals surface area contributed by atoms with Gasteiger partial charge in [0.25, 0.3) is 0 Å². The van der Waals surface area contributed by atoms with E-state index in [2.05, 4.69) is 35.6 Å². The molecule has 2 aliphatic rings. The van der Waals surface area contributed by atoms with Crippen molar-refractivity contribution < 1.29 is 4.79 Å². The van der Waals surface area contributed by atoms with E-state index in [9.17, 15) is 4.79 Å². The van der Waals surface area contributed by atoms with Crippen LogP contribution in [-0.2, 0) is 17.6 Å². The fourth-order valence-electron chi connectivity index (χ4n) is 4.33. The second kappa shape index (κ2) is 6.89. The van der Waals surface area contributed by atoms with Crippen LogP contribution in [0.1, 0.15) is 44.6 Å². The van der Waals surface area contributed by atoms with E-state index in [0.717, 1.165) is 49.7 Å². The zero-order valence-corrected chi connectivity index (χ0v) is 18.1. The summed E-state index contributed by atoms with van der Waals surface area (Å²) in [5.74, 6) is 1.80. The lowest BCUT2D eigenvalue weighted by molar-refractivity contribution is -0.129. The minimum absolute atomic E-state index is 0.140. The zero-order chi connectivity index (χ0) is 19.3. The zero-order valence-electron chi connectivity index (χ0n) is 16.5. The lowest BCUT2D eigenvalue weighted by atomic mass is 9.72. The monoisotopic (exact) mass is 406 g/mol. The summed E-state index contributed by atoms with van der Waals surface area (Å²) in [6, 6.07) is 0. The van der Waals surface area contributed by atoms with E-state index >= 15 is 0 Å². The third kappa shape index (κ3) is 3.54. The molecule has 5 nitrogen and oxygen atoms in total. The number of thiophene rings is 1. The van der Waals surface area contributed by atoms with Crippen LogP contribution in [0, 0.1) is 11.3 Å². The molecule has 0 N–H and O–H groups in total. The Balaban J connectivity index is 1.71. The Morgan fingerprint density at radius 2 is 1.89 bits per heavy atom. The first-order chi connectivity index (χ1) is 12.7. The van der Waals surface area contributed by atoms with Crippen LogP contribution in [0.4, 0.5) is 5.82 Å². The number of halogens is 1. The van der Waals surface area contributed by atoms with E-state index in [1.165, 1.54) is 22.2 Å². The lowest BCUT2D eigenvalue weighted by Crippen LogP contribution is -2.48. The molecular formula is C20H27ClN4OS. The van der Waals surface area contributed by atoms with Gasteiger partial charge in [-0.15, -0.1) is 11.3 Å². The van der Waals surface area contributed by atoms with Crippen LogP contribution < -0.4 is 4.90 Å². The number of fused-ring (bicyclic) bond motifs is 3. The van der Waals surface area contributed by atoms with Crippen LogP contribution in [-0.4, -0.2) is 47.0 Å². The van der Waals surface area contributed by atoms with E-state index in [1.54, 1.807) is 18.3 Å². The maximum Gasteiger partial charge on any atom is 0.225 e. The topological polar surface area (TPSA) is 49.3 Å². The van der Waals surface area contributed by atoms with E-state index in [0.29, 0.717) is 16.6 Å². The van der Waals surface area contributed by atoms with Gasteiger partial charge in [-0.1, -0.05) is 20.8 Å². The standard InChI is InChI=1S/C20H27ClN4OS/c1-12(26)24-7-9-25(10-8-24)17-16-14-6-5-13(20(2,3)4)11-15(14)27-18(16)23-19(21)22-17/h13H,5-11H2,1-4H3. The highest BCUT2D eigenvalue weighted by Gasteiger charge is 2.33. The van der Waals surface area contributed by atoms with Gasteiger partial charge in [-0.3, -0.25) is 4.79 Å². The Hall–Kier alpha value is -1.40. The third-order valence-corrected chi connectivity index (χ3v) is 7.43. The maximum atomic E-state index is 11.6. The van der Waals surface area contributed by atoms with E-state index in [-0.39, 0.29) is 5.91 Å². The summed E-state index contributed by atoms with van der Waals surface area (Å²) < 4.78 is 0. The van der Waals surface area contributed by atoms with Crippen molar-refractivity contribution >= 4 is 44.9 Å². The number of anilines is 1. The van der Waals surface area contributed by atoms with Crippen LogP contribution >= 0.6 is 22.9 Å². The Morgan fingerprint density at radius 1 is 1.19 bits per heavy atom. The molecule has 7 heteroatoms. The predicted octanol–water partition coefficient (Wildman–Crippen LogP) is 4.16. The Bertz CT molecular complexity index is 880. The van der Waals surface area contributed by atoms with Gasteiger partial charge in [0.2, 0.25) is 11.2 Å². The Labute approximate surface area is 169 Å². The average molecular weight is 407 g/mol. The molecule has 4 rings (SSSR count). The smallest absolute Gasteiger partial charge is 0.225 e. The molecule has 0 radical (unpaired) electrons. The quantitative estimate of drug-likeness (QED) is 0.667. The van der Waals surface area contributed by atoms with Gasteiger partial charge in [0.15, 0.2) is 0 Å². The summed E-state index contributed by atoms with van der Waals surface area (Å²) >= 11 is 8.07. The SMILES string of the molecule is CC(=O)N1CCN(c2nc(Cl)nc3sc4c(c23)CCC(C(C)(C)C)C4)CC1. The summed E-state index contributed by atoms with van der Waals surface area (Å²) in [4.78, 5) is 27.4. The van der Waals surface area contributed by atoms with Gasteiger partial charge in [0.05, 0.1) is 5.39 Å². The van der Waals surface area contributed by atoms with Crippen molar-refractivity contribution in [2.45, 2.75) is 47.0 Å². The Kier molecular flexibility index (Phi) is 4.83. The molecule has 1 unspecified atom stereocenters. The number of hydrogen-bond donors (Lipinski definition) is 0. The van der Waals surface area contributed by atoms with Gasteiger partial charge in [-0.25, -0.2) is 4.98 Å². The number of aryl methyl sites for hydroxylation is 1. The molecule has 1 amide bonds. The molecule has 1 fully saturated rings. The molecule has 0 bridgehead atoms. The first-order valence-electron chi connectivity index (χ1n) is 9.72. The number of nitrogens with zero attached hydrogens (tertiary/aromatic N) is 4. The minimum Gasteiger partial charge on any atom is -0.352 e. The number of carbonyl (C=O) groups excluding carboxylic acids is 1. The Morgan fingerprint density at radius 3 is 2.52 bits per heavy atom. The van der Waals surface area contributed by atoms with Crippen LogP contribution in [0.3, 0.4) is 0 Å². The molecule has 146 valence electrons. The van der Waals surface area contributed by atoms with Gasteiger partial charge < -0.3 is 9.80 Å². The highest BCUT2D eigenvalue weighted by Crippen LogP contribution is 2.45. The largest absolute Gasteiger partial charge is 0.352 e. The van der Waals surface area contributed by atoms with Gasteiger partial charge in [-0.2, -0.15) is 4.98 Å². The van der Waals surface area contributed by atoms with Crippen LogP contribution in [0.2, 0.25) is 5.28 Å². The van der Waals surface area contributed by atoms with Crippen molar-refractivity contribution in [1.29, 1.82) is 0 Å². The molecule has 1 saturated heterocycles. The molecule has 3 heterocycles. The molecule has 0 aromatic carbocycles. The highest BCUT2D eigenvalue weighted by atomic mass is 35.5. The maximum absolute atomic E-state index is 11.6. The number of rotatable bonds is 1. The van der Waals surface area contributed by atoms with Crippen molar-refractivity contribution in [3.05, 3.63) is 15.7 Å². The second-order valence-corrected chi connectivity index (χ2v) is 10.2. The van der Waals surface area contributed by atoms with E-state index in [1.807, 2.05) is 4.90 Å². The molecule has 1 atom stereocenters. The number of carbonyl (C=O) groups is 1. The summed E-state index contributed by atoms with van der Waals surface area (Å²) in [6.45, 7) is 11.7. The molecular weight excluding hydrogens is 380 g/mol. The fourth-order valence-corrected chi connectivity index (χ4v) is 5.84. The molecule has 0 spiro atoms. The van der Waals surface area contributed by atoms with Crippen LogP contribution in [0.5, 0.6) is 0 Å². The first-order valence-corrected chi connectivity index (χ1v) is 10.9. The number of hydrogen-bond acceptors (Lipinski definition) is 5. The predicted molar refractivity (Wildman–Crippen MR) is 112 cm³/mol. The molecule has 1 aliphatic heterocycles. The lowest BCUT2D eigenvalue weighted by Gasteiger charge is -2.36. The van der Waals surface area contributed by atoms with Gasteiger partial charge >= 0.3 is 0 Å². The number of amides is 1. The third-order valence-electron chi connectivity index (χ3n) is 6.11. The van der Waals surface area contributed by atoms with E-state index in [4.69, 9.17) is 11.6 Å². The normalized spacial score (nSPS) is 20.9. The number of aromatic nitrogens is 2. The molecule has 1 aliphatic carbocycles. The molecule has 2 aromatic heterocycles. The van der Waals surface area contributed by atoms with Gasteiger partial charge in [0, 0.05) is 38.0 Å². The van der Waals surface area contributed by atoms with Gasteiger partial charge in [-0.05, 0) is 47.8 Å². The molecule has 2 aromatic rings. The summed E-state index contributed by atoms with van der Waals surface area (Å²) in [6.07, 6.45) is 3.42. The average Bonchev–Trinajstić information content (AvgIpc) is 2.97. The van der Waals surface area contributed by atoms with Gasteiger partial charge in [0.1, 0.15) is 10.6 Å². The molecule has 0 saturated carbocycles. The summed E-state index contributed by atoms with van der Waals surface area (Å²) in [5, 5.41) is 1.51. The van der Waals surface area contributed by atoms with Crippen molar-refractivity contribution in [2.24, 2.45) is 11.3 Å². The summed E-state index contributed by atoms with van der Waals surface area (Å²) in [5.41, 5.74) is 1.75. The second-order valence-electron chi connectivity index (χ2n) is 8.80. The fraction of sp³-hybridized carbons (Fsp3) is 0.650. The highest BCUT2D eigenvalue weighted by molar-refractivity contribution is 7.19. The summed E-state index contributed by atoms with van der Waals surface area (Å²) in [7, 11) is 0. The van der Waals surface area contributed by atoms with Crippen molar-refractivity contribution in [3.63, 3.8) is 0 Å². The molecule has 27 heavy (non-hydrogen) atoms. The van der Waals surface area contributed by atoms with E-state index < -0.39 is 0 Å². The van der Waals surface area contributed by atoms with Crippen LogP contribution in [0.15, 0.2) is 0 Å². The van der Waals surface area contributed by atoms with Crippen LogP contribution in [0.25, 0.3) is 10.2 Å². The number of piperazine rings is 1. The first kappa shape index (κ1) is 18.9. The minimum atomic E-state index is 0.140. The van der Waals surface area contributed by atoms with Crippen molar-refractivity contribution in [2.75, 3.05) is 31.1 Å². The van der Waals surface area contributed by atoms with Crippen molar-refractivity contribution in [3.8, 4) is 0 Å². The van der Waals surface area contributed by atoms with Crippen molar-refractivity contribution in [1.82, 2.24) is 14.9 Å².